The van der Waals surface area contributed by atoms with Gasteiger partial charge in [-0.15, -0.1) is 0 Å². The summed E-state index contributed by atoms with van der Waals surface area (Å²) in [4.78, 5) is 2.65. The number of hydrogen-bond acceptors (Lipinski definition) is 2. The first-order chi connectivity index (χ1) is 22.5. The average molecular weight is 625 g/mol. The number of benzene rings is 4. The Hall–Kier alpha value is -3.78. The van der Waals surface area contributed by atoms with E-state index in [4.69, 9.17) is 6.58 Å². The van der Waals surface area contributed by atoms with Gasteiger partial charge in [-0.2, -0.15) is 0 Å². The first-order valence-corrected chi connectivity index (χ1v) is 18.1. The maximum absolute atomic E-state index is 4.87. The van der Waals surface area contributed by atoms with Gasteiger partial charge in [0.2, 0.25) is 0 Å². The van der Waals surface area contributed by atoms with E-state index in [0.29, 0.717) is 0 Å². The van der Waals surface area contributed by atoms with E-state index in [1.54, 1.807) is 0 Å². The third-order valence-electron chi connectivity index (χ3n) is 11.3. The van der Waals surface area contributed by atoms with Crippen LogP contribution in [-0.2, 0) is 22.7 Å². The molecule has 47 heavy (non-hydrogen) atoms. The zero-order chi connectivity index (χ0) is 33.2. The van der Waals surface area contributed by atoms with Crippen LogP contribution in [0.15, 0.2) is 97.1 Å². The van der Waals surface area contributed by atoms with E-state index in [0.717, 1.165) is 31.6 Å². The molecule has 0 saturated heterocycles. The Morgan fingerprint density at radius 1 is 0.851 bits per heavy atom. The third kappa shape index (κ3) is 6.67. The highest BCUT2D eigenvalue weighted by Gasteiger charge is 2.40. The number of fused-ring (bicyclic) bond motifs is 1. The van der Waals surface area contributed by atoms with E-state index in [9.17, 15) is 0 Å². The van der Waals surface area contributed by atoms with Crippen LogP contribution in [0.1, 0.15) is 108 Å². The van der Waals surface area contributed by atoms with Crippen LogP contribution in [-0.4, -0.2) is 19.6 Å². The van der Waals surface area contributed by atoms with Crippen LogP contribution >= 0.6 is 0 Å². The number of nitrogens with zero attached hydrogens (tertiary/aromatic N) is 1. The van der Waals surface area contributed by atoms with Crippen molar-refractivity contribution in [3.05, 3.63) is 125 Å². The number of rotatable bonds is 12. The highest BCUT2D eigenvalue weighted by Crippen LogP contribution is 2.50. The van der Waals surface area contributed by atoms with Crippen LogP contribution in [0.3, 0.4) is 0 Å². The molecule has 4 aromatic carbocycles. The first kappa shape index (κ1) is 33.1. The lowest BCUT2D eigenvalue weighted by atomic mass is 9.68. The molecule has 2 heteroatoms. The molecule has 2 nitrogen and oxygen atoms in total. The summed E-state index contributed by atoms with van der Waals surface area (Å²) in [6, 6.07) is 29.4. The van der Waals surface area contributed by atoms with Crippen molar-refractivity contribution >= 4 is 28.2 Å². The molecule has 2 aliphatic rings. The van der Waals surface area contributed by atoms with Gasteiger partial charge in [0.05, 0.1) is 0 Å². The van der Waals surface area contributed by atoms with Crippen molar-refractivity contribution in [2.24, 2.45) is 0 Å². The fourth-order valence-electron chi connectivity index (χ4n) is 8.09. The second kappa shape index (κ2) is 13.4. The first-order valence-electron chi connectivity index (χ1n) is 18.1. The molecule has 0 radical (unpaired) electrons. The zero-order valence-electron chi connectivity index (χ0n) is 29.9. The molecule has 1 N–H and O–H groups in total. The Labute approximate surface area is 285 Å². The highest BCUT2D eigenvalue weighted by atomic mass is 15.2. The maximum atomic E-state index is 4.87. The van der Waals surface area contributed by atoms with Gasteiger partial charge in [-0.25, -0.2) is 0 Å². The number of hydrogen-bond donors (Lipinski definition) is 1. The molecule has 4 aromatic rings. The largest absolute Gasteiger partial charge is 0.385 e. The van der Waals surface area contributed by atoms with Crippen molar-refractivity contribution in [2.45, 2.75) is 103 Å². The van der Waals surface area contributed by atoms with Crippen LogP contribution < -0.4 is 10.2 Å². The summed E-state index contributed by atoms with van der Waals surface area (Å²) in [6.45, 7) is 22.6. The van der Waals surface area contributed by atoms with Crippen LogP contribution in [0.25, 0.3) is 16.8 Å². The summed E-state index contributed by atoms with van der Waals surface area (Å²) in [7, 11) is 0. The Balaban J connectivity index is 1.44. The average Bonchev–Trinajstić information content (AvgIpc) is 3.06. The van der Waals surface area contributed by atoms with Gasteiger partial charge in [0.15, 0.2) is 0 Å². The minimum absolute atomic E-state index is 0.164. The van der Waals surface area contributed by atoms with Gasteiger partial charge in [-0.3, -0.25) is 0 Å². The van der Waals surface area contributed by atoms with Crippen LogP contribution in [0.4, 0.5) is 11.4 Å². The topological polar surface area (TPSA) is 15.3 Å². The number of anilines is 2. The van der Waals surface area contributed by atoms with Gasteiger partial charge in [-0.1, -0.05) is 140 Å². The second-order valence-electron chi connectivity index (χ2n) is 15.8. The molecule has 0 aromatic heterocycles. The molecule has 2 aliphatic heterocycles. The standard InChI is InChI=1S/C45H56N2/c1-8-9-10-16-27-46-40-24-23-36-19-14-15-20-37(36)41(40)45(7,32-34-17-12-11-13-18-34)33(2)21-22-35-30-38-42-39(31-35)44(5,6)26-29-47(42)28-25-43(38,3)4/h11-15,17-24,30-31,46H,2,8-10,16,25-29,32H2,1,3-7H3/b22-21+. The third-order valence-corrected chi connectivity index (χ3v) is 11.3. The summed E-state index contributed by atoms with van der Waals surface area (Å²) in [5.74, 6) is 0. The molecule has 246 valence electrons. The second-order valence-corrected chi connectivity index (χ2v) is 15.8. The van der Waals surface area contributed by atoms with Crippen molar-refractivity contribution in [3.8, 4) is 0 Å². The molecular formula is C45H56N2. The smallest absolute Gasteiger partial charge is 0.0442 e. The monoisotopic (exact) mass is 624 g/mol. The molecule has 0 bridgehead atoms. The Bertz CT molecular complexity index is 1720. The molecule has 0 amide bonds. The molecule has 0 saturated carbocycles. The molecule has 6 rings (SSSR count). The molecule has 0 aliphatic carbocycles. The van der Waals surface area contributed by atoms with E-state index in [2.05, 4.69) is 143 Å². The van der Waals surface area contributed by atoms with Crippen molar-refractivity contribution < 1.29 is 0 Å². The molecule has 0 spiro atoms. The van der Waals surface area contributed by atoms with Gasteiger partial charge in [0, 0.05) is 36.4 Å². The Morgan fingerprint density at radius 3 is 2.19 bits per heavy atom. The quantitative estimate of drug-likeness (QED) is 0.125. The lowest BCUT2D eigenvalue weighted by Crippen LogP contribution is -2.44. The number of unbranched alkanes of at least 4 members (excludes halogenated alkanes) is 3. The zero-order valence-corrected chi connectivity index (χ0v) is 29.9. The van der Waals surface area contributed by atoms with Gasteiger partial charge >= 0.3 is 0 Å². The van der Waals surface area contributed by atoms with Crippen molar-refractivity contribution in [1.82, 2.24) is 0 Å². The van der Waals surface area contributed by atoms with E-state index >= 15 is 0 Å². The minimum atomic E-state index is -0.331. The summed E-state index contributed by atoms with van der Waals surface area (Å²) in [5.41, 5.74) is 10.9. The van der Waals surface area contributed by atoms with Crippen LogP contribution in [0.2, 0.25) is 0 Å². The molecular weight excluding hydrogens is 569 g/mol. The normalized spacial score (nSPS) is 17.8. The fourth-order valence-corrected chi connectivity index (χ4v) is 8.09. The van der Waals surface area contributed by atoms with Gasteiger partial charge in [0.1, 0.15) is 0 Å². The fraction of sp³-hybridized carbons (Fsp3) is 0.422. The predicted molar refractivity (Wildman–Crippen MR) is 206 cm³/mol. The van der Waals surface area contributed by atoms with E-state index in [1.165, 1.54) is 88.5 Å². The van der Waals surface area contributed by atoms with E-state index < -0.39 is 0 Å². The SMILES string of the molecule is C=C(/C=C/c1cc2c3c(c1)C(C)(C)CCN3CCC2(C)C)C(C)(Cc1ccccc1)c1c(NCCCCCC)ccc2ccccc12. The van der Waals surface area contributed by atoms with Crippen molar-refractivity contribution in [2.75, 3.05) is 29.9 Å². The van der Waals surface area contributed by atoms with Crippen LogP contribution in [0.5, 0.6) is 0 Å². The summed E-state index contributed by atoms with van der Waals surface area (Å²) in [5, 5.41) is 6.47. The summed E-state index contributed by atoms with van der Waals surface area (Å²) >= 11 is 0. The van der Waals surface area contributed by atoms with Gasteiger partial charge < -0.3 is 10.2 Å². The summed E-state index contributed by atoms with van der Waals surface area (Å²) < 4.78 is 0. The van der Waals surface area contributed by atoms with E-state index in [-0.39, 0.29) is 16.2 Å². The minimum Gasteiger partial charge on any atom is -0.385 e. The molecule has 1 atom stereocenters. The van der Waals surface area contributed by atoms with Crippen LogP contribution in [0, 0.1) is 0 Å². The van der Waals surface area contributed by atoms with Gasteiger partial charge in [0.25, 0.3) is 0 Å². The Kier molecular flexibility index (Phi) is 9.43. The summed E-state index contributed by atoms with van der Waals surface area (Å²) in [6.07, 6.45) is 12.9. The lowest BCUT2D eigenvalue weighted by molar-refractivity contribution is 0.401. The lowest BCUT2D eigenvalue weighted by Gasteiger charge is -2.48. The molecule has 2 heterocycles. The highest BCUT2D eigenvalue weighted by molar-refractivity contribution is 5.92. The number of nitrogens with one attached hydrogen (secondary N) is 1. The maximum Gasteiger partial charge on any atom is 0.0442 e. The predicted octanol–water partition coefficient (Wildman–Crippen LogP) is 11.8. The van der Waals surface area contributed by atoms with Crippen molar-refractivity contribution in [3.63, 3.8) is 0 Å². The van der Waals surface area contributed by atoms with E-state index in [1.807, 2.05) is 0 Å². The molecule has 1 unspecified atom stereocenters. The Morgan fingerprint density at radius 2 is 1.51 bits per heavy atom. The van der Waals surface area contributed by atoms with Gasteiger partial charge in [-0.05, 0) is 98.9 Å². The number of allylic oxidation sites excluding steroid dienone is 2. The van der Waals surface area contributed by atoms with Crippen molar-refractivity contribution in [1.29, 1.82) is 0 Å². The molecule has 0 fully saturated rings.